The molecular formula is C44H34N4O5S. The number of hydrogen-bond donors (Lipinski definition) is 3. The molecule has 266 valence electrons. The summed E-state index contributed by atoms with van der Waals surface area (Å²) in [7, 11) is 1.54. The smallest absolute Gasteiger partial charge is 0.272 e. The largest absolute Gasteiger partial charge is 0.496 e. The summed E-state index contributed by atoms with van der Waals surface area (Å²) in [5.41, 5.74) is 5.21. The number of anilines is 2. The molecule has 0 saturated carbocycles. The molecule has 7 aromatic rings. The third kappa shape index (κ3) is 8.58. The van der Waals surface area contributed by atoms with Crippen LogP contribution >= 0.6 is 11.8 Å². The topological polar surface area (TPSA) is 123 Å². The van der Waals surface area contributed by atoms with E-state index >= 15 is 0 Å². The number of para-hydroxylation sites is 3. The quantitative estimate of drug-likeness (QED) is 0.0846. The molecule has 3 amide bonds. The van der Waals surface area contributed by atoms with E-state index in [2.05, 4.69) is 20.9 Å². The normalized spacial score (nSPS) is 11.8. The van der Waals surface area contributed by atoms with E-state index in [1.165, 1.54) is 11.8 Å². The number of thioether (sulfide) groups is 1. The molecule has 1 atom stereocenters. The number of nitrogens with zero attached hydrogens (tertiary/aromatic N) is 1. The van der Waals surface area contributed by atoms with Crippen molar-refractivity contribution in [2.24, 2.45) is 0 Å². The fourth-order valence-electron chi connectivity index (χ4n) is 5.67. The molecule has 1 aromatic heterocycles. The number of amides is 3. The van der Waals surface area contributed by atoms with Crippen molar-refractivity contribution in [2.45, 2.75) is 10.1 Å². The number of benzene rings is 6. The van der Waals surface area contributed by atoms with Crippen LogP contribution in [0.2, 0.25) is 0 Å². The average molecular weight is 731 g/mol. The Balaban J connectivity index is 1.09. The minimum absolute atomic E-state index is 0.0232. The third-order valence-corrected chi connectivity index (χ3v) is 9.60. The second-order valence-corrected chi connectivity index (χ2v) is 13.2. The molecule has 1 heterocycles. The number of aromatic nitrogens is 1. The number of rotatable bonds is 12. The van der Waals surface area contributed by atoms with Gasteiger partial charge in [-0.2, -0.15) is 0 Å². The predicted octanol–water partition coefficient (Wildman–Crippen LogP) is 9.39. The maximum Gasteiger partial charge on any atom is 0.272 e. The molecule has 0 saturated heterocycles. The lowest BCUT2D eigenvalue weighted by molar-refractivity contribution is -0.116. The van der Waals surface area contributed by atoms with Crippen LogP contribution in [0, 0.1) is 0 Å². The van der Waals surface area contributed by atoms with E-state index in [-0.39, 0.29) is 11.6 Å². The number of carbonyl (C=O) groups is 3. The predicted molar refractivity (Wildman–Crippen MR) is 213 cm³/mol. The van der Waals surface area contributed by atoms with Gasteiger partial charge in [0, 0.05) is 33.0 Å². The molecule has 0 aliphatic carbocycles. The first-order valence-electron chi connectivity index (χ1n) is 17.0. The number of methoxy groups -OCH3 is 1. The van der Waals surface area contributed by atoms with E-state index in [0.717, 1.165) is 21.5 Å². The van der Waals surface area contributed by atoms with Gasteiger partial charge < -0.3 is 25.1 Å². The second kappa shape index (κ2) is 16.6. The molecule has 0 aliphatic rings. The molecule has 0 radical (unpaired) electrons. The zero-order valence-electron chi connectivity index (χ0n) is 29.1. The van der Waals surface area contributed by atoms with Crippen LogP contribution in [0.5, 0.6) is 5.75 Å². The molecule has 0 bridgehead atoms. The van der Waals surface area contributed by atoms with E-state index in [9.17, 15) is 14.4 Å². The molecule has 3 N–H and O–H groups in total. The summed E-state index contributed by atoms with van der Waals surface area (Å²) in [5.74, 6) is -0.153. The van der Waals surface area contributed by atoms with Gasteiger partial charge in [-0.1, -0.05) is 84.9 Å². The fourth-order valence-corrected chi connectivity index (χ4v) is 6.75. The first-order valence-corrected chi connectivity index (χ1v) is 17.9. The molecule has 6 aromatic carbocycles. The van der Waals surface area contributed by atoms with Crippen molar-refractivity contribution in [3.8, 4) is 17.2 Å². The molecule has 1 unspecified atom stereocenters. The number of ether oxygens (including phenoxy) is 1. The second-order valence-electron chi connectivity index (χ2n) is 12.1. The standard InChI is InChI=1S/C44H34N4O5S/c1-52-38-21-10-8-17-32(38)27-37(47-41(49)30-15-6-3-7-16-30)42(50)46-34-18-12-19-35(28-34)54-40(29-13-4-2-5-14-29)43(51)45-33-25-23-31(24-26-33)44-48-36-20-9-11-22-39(36)53-44/h2-28,40H,1H3,(H,45,51)(H,46,50)(H,47,49)/b37-27+. The molecule has 0 fully saturated rings. The van der Waals surface area contributed by atoms with Gasteiger partial charge in [-0.3, -0.25) is 14.4 Å². The molecular weight excluding hydrogens is 697 g/mol. The van der Waals surface area contributed by atoms with Crippen molar-refractivity contribution < 1.29 is 23.5 Å². The molecule has 0 aliphatic heterocycles. The Bertz CT molecular complexity index is 2410. The van der Waals surface area contributed by atoms with E-state index < -0.39 is 17.1 Å². The van der Waals surface area contributed by atoms with Gasteiger partial charge in [-0.15, -0.1) is 11.8 Å². The van der Waals surface area contributed by atoms with Crippen LogP contribution in [-0.4, -0.2) is 29.8 Å². The van der Waals surface area contributed by atoms with Crippen LogP contribution in [-0.2, 0) is 9.59 Å². The Morgan fingerprint density at radius 1 is 0.722 bits per heavy atom. The fraction of sp³-hybridized carbons (Fsp3) is 0.0455. The van der Waals surface area contributed by atoms with Crippen LogP contribution in [0.3, 0.4) is 0 Å². The monoisotopic (exact) mass is 730 g/mol. The summed E-state index contributed by atoms with van der Waals surface area (Å²) in [6.07, 6.45) is 1.57. The molecule has 0 spiro atoms. The highest BCUT2D eigenvalue weighted by Crippen LogP contribution is 2.37. The average Bonchev–Trinajstić information content (AvgIpc) is 3.65. The zero-order valence-corrected chi connectivity index (χ0v) is 29.9. The summed E-state index contributed by atoms with van der Waals surface area (Å²) in [4.78, 5) is 46.2. The number of oxazole rings is 1. The maximum atomic E-state index is 13.9. The van der Waals surface area contributed by atoms with Gasteiger partial charge in [0.15, 0.2) is 5.58 Å². The van der Waals surface area contributed by atoms with Crippen LogP contribution in [0.4, 0.5) is 11.4 Å². The molecule has 54 heavy (non-hydrogen) atoms. The Hall–Kier alpha value is -6.91. The number of fused-ring (bicyclic) bond motifs is 1. The van der Waals surface area contributed by atoms with Crippen molar-refractivity contribution in [1.82, 2.24) is 10.3 Å². The highest BCUT2D eigenvalue weighted by molar-refractivity contribution is 8.00. The van der Waals surface area contributed by atoms with Crippen molar-refractivity contribution >= 4 is 58.0 Å². The molecule has 10 heteroatoms. The lowest BCUT2D eigenvalue weighted by Gasteiger charge is -2.18. The highest BCUT2D eigenvalue weighted by atomic mass is 32.2. The summed E-state index contributed by atoms with van der Waals surface area (Å²) >= 11 is 1.35. The summed E-state index contributed by atoms with van der Waals surface area (Å²) < 4.78 is 11.4. The lowest BCUT2D eigenvalue weighted by atomic mass is 10.1. The van der Waals surface area contributed by atoms with Crippen molar-refractivity contribution in [2.75, 3.05) is 17.7 Å². The molecule has 7 rings (SSSR count). The van der Waals surface area contributed by atoms with Gasteiger partial charge in [0.25, 0.3) is 11.8 Å². The van der Waals surface area contributed by atoms with E-state index in [0.29, 0.717) is 39.7 Å². The van der Waals surface area contributed by atoms with E-state index in [1.54, 1.807) is 67.8 Å². The molecule has 9 nitrogen and oxygen atoms in total. The number of nitrogens with one attached hydrogen (secondary N) is 3. The Morgan fingerprint density at radius 3 is 2.19 bits per heavy atom. The van der Waals surface area contributed by atoms with Crippen LogP contribution < -0.4 is 20.7 Å². The van der Waals surface area contributed by atoms with Crippen molar-refractivity contribution in [3.63, 3.8) is 0 Å². The zero-order chi connectivity index (χ0) is 37.3. The summed E-state index contributed by atoms with van der Waals surface area (Å²) in [6.45, 7) is 0. The van der Waals surface area contributed by atoms with Crippen molar-refractivity contribution in [3.05, 3.63) is 180 Å². The Kier molecular flexibility index (Phi) is 10.9. The van der Waals surface area contributed by atoms with Crippen LogP contribution in [0.15, 0.2) is 173 Å². The first-order chi connectivity index (χ1) is 26.4. The Labute approximate surface area is 316 Å². The third-order valence-electron chi connectivity index (χ3n) is 8.35. The van der Waals surface area contributed by atoms with E-state index in [4.69, 9.17) is 9.15 Å². The van der Waals surface area contributed by atoms with Gasteiger partial charge in [-0.25, -0.2) is 4.98 Å². The van der Waals surface area contributed by atoms with Crippen LogP contribution in [0.25, 0.3) is 28.6 Å². The highest BCUT2D eigenvalue weighted by Gasteiger charge is 2.23. The van der Waals surface area contributed by atoms with Gasteiger partial charge in [-0.05, 0) is 84.4 Å². The van der Waals surface area contributed by atoms with Crippen LogP contribution in [0.1, 0.15) is 26.7 Å². The SMILES string of the molecule is COc1ccccc1/C=C(/NC(=O)c1ccccc1)C(=O)Nc1cccc(SC(C(=O)Nc2ccc(-c3nc4ccccc4o3)cc2)c2ccccc2)c1. The summed E-state index contributed by atoms with van der Waals surface area (Å²) in [5, 5.41) is 8.11. The lowest BCUT2D eigenvalue weighted by Crippen LogP contribution is -2.30. The van der Waals surface area contributed by atoms with Gasteiger partial charge in [0.1, 0.15) is 22.2 Å². The van der Waals surface area contributed by atoms with Gasteiger partial charge in [0.2, 0.25) is 11.8 Å². The van der Waals surface area contributed by atoms with Gasteiger partial charge in [0.05, 0.1) is 7.11 Å². The first kappa shape index (κ1) is 35.5. The minimum atomic E-state index is -0.625. The number of carbonyl (C=O) groups excluding carboxylic acids is 3. The van der Waals surface area contributed by atoms with Gasteiger partial charge >= 0.3 is 0 Å². The summed E-state index contributed by atoms with van der Waals surface area (Å²) in [6, 6.07) is 47.5. The Morgan fingerprint density at radius 2 is 1.43 bits per heavy atom. The maximum absolute atomic E-state index is 13.9. The van der Waals surface area contributed by atoms with E-state index in [1.807, 2.05) is 103 Å². The number of hydrogen-bond acceptors (Lipinski definition) is 7. The minimum Gasteiger partial charge on any atom is -0.496 e. The van der Waals surface area contributed by atoms with Crippen molar-refractivity contribution in [1.29, 1.82) is 0 Å².